The molecule has 1 aliphatic rings. The van der Waals surface area contributed by atoms with Crippen molar-refractivity contribution in [3.05, 3.63) is 53.6 Å². The lowest BCUT2D eigenvalue weighted by Gasteiger charge is -2.36. The van der Waals surface area contributed by atoms with Crippen LogP contribution in [0.2, 0.25) is 0 Å². The Morgan fingerprint density at radius 1 is 1.26 bits per heavy atom. The van der Waals surface area contributed by atoms with Crippen molar-refractivity contribution in [2.45, 2.75) is 32.2 Å². The maximum Gasteiger partial charge on any atom is 0.274 e. The first kappa shape index (κ1) is 15.5. The monoisotopic (exact) mass is 311 g/mol. The highest BCUT2D eigenvalue weighted by molar-refractivity contribution is 5.92. The molecule has 1 fully saturated rings. The summed E-state index contributed by atoms with van der Waals surface area (Å²) in [6.45, 7) is 2.61. The number of benzene rings is 1. The average molecular weight is 311 g/mol. The minimum Gasteiger partial charge on any atom is -0.497 e. The second kappa shape index (κ2) is 6.77. The van der Waals surface area contributed by atoms with Gasteiger partial charge in [0.25, 0.3) is 5.91 Å². The van der Waals surface area contributed by atoms with E-state index in [0.29, 0.717) is 5.69 Å². The predicted molar refractivity (Wildman–Crippen MR) is 87.4 cm³/mol. The molecule has 1 amide bonds. The molecule has 2 aromatic rings. The van der Waals surface area contributed by atoms with Gasteiger partial charge in [0.2, 0.25) is 0 Å². The summed E-state index contributed by atoms with van der Waals surface area (Å²) in [6.07, 6.45) is 6.29. The number of hydrogen-bond donors (Lipinski definition) is 0. The van der Waals surface area contributed by atoms with Crippen molar-refractivity contribution >= 4 is 5.91 Å². The molecule has 0 unspecified atom stereocenters. The van der Waals surface area contributed by atoms with Gasteiger partial charge >= 0.3 is 0 Å². The van der Waals surface area contributed by atoms with Crippen molar-refractivity contribution in [3.8, 4) is 5.75 Å². The van der Waals surface area contributed by atoms with Crippen LogP contribution in [-0.2, 0) is 0 Å². The van der Waals surface area contributed by atoms with E-state index < -0.39 is 0 Å². The molecule has 0 spiro atoms. The third-order valence-electron chi connectivity index (χ3n) is 4.24. The molecule has 1 aromatic heterocycles. The molecular formula is C18H21N3O2. The number of ether oxygens (including phenoxy) is 1. The van der Waals surface area contributed by atoms with Gasteiger partial charge in [0.05, 0.1) is 25.0 Å². The second-order valence-electron chi connectivity index (χ2n) is 5.83. The molecule has 0 saturated carbocycles. The number of likely N-dealkylation sites (tertiary alicyclic amines) is 1. The molecular weight excluding hydrogens is 290 g/mol. The van der Waals surface area contributed by atoms with Crippen LogP contribution in [0, 0.1) is 6.92 Å². The number of amides is 1. The summed E-state index contributed by atoms with van der Waals surface area (Å²) < 4.78 is 5.31. The highest BCUT2D eigenvalue weighted by atomic mass is 16.5. The maximum atomic E-state index is 12.8. The Morgan fingerprint density at radius 2 is 2.13 bits per heavy atom. The normalized spacial score (nSPS) is 17.8. The number of methoxy groups -OCH3 is 1. The molecule has 5 heteroatoms. The van der Waals surface area contributed by atoms with Gasteiger partial charge in [-0.2, -0.15) is 0 Å². The van der Waals surface area contributed by atoms with Gasteiger partial charge in [-0.25, -0.2) is 4.98 Å². The van der Waals surface area contributed by atoms with Gasteiger partial charge in [-0.1, -0.05) is 12.1 Å². The summed E-state index contributed by atoms with van der Waals surface area (Å²) >= 11 is 0. The summed E-state index contributed by atoms with van der Waals surface area (Å²) in [5, 5.41) is 0. The highest BCUT2D eigenvalue weighted by Crippen LogP contribution is 2.33. The summed E-state index contributed by atoms with van der Waals surface area (Å²) in [7, 11) is 1.66. The minimum atomic E-state index is -0.0509. The summed E-state index contributed by atoms with van der Waals surface area (Å²) in [6, 6.07) is 8.02. The van der Waals surface area contributed by atoms with E-state index in [-0.39, 0.29) is 11.9 Å². The van der Waals surface area contributed by atoms with E-state index in [2.05, 4.69) is 16.0 Å². The minimum absolute atomic E-state index is 0.0509. The number of hydrogen-bond acceptors (Lipinski definition) is 4. The van der Waals surface area contributed by atoms with Gasteiger partial charge in [0, 0.05) is 12.7 Å². The maximum absolute atomic E-state index is 12.8. The molecule has 1 aromatic carbocycles. The van der Waals surface area contributed by atoms with Crippen molar-refractivity contribution in [1.82, 2.24) is 14.9 Å². The van der Waals surface area contributed by atoms with Crippen molar-refractivity contribution in [2.75, 3.05) is 13.7 Å². The third-order valence-corrected chi connectivity index (χ3v) is 4.24. The highest BCUT2D eigenvalue weighted by Gasteiger charge is 2.29. The molecule has 120 valence electrons. The number of piperidine rings is 1. The zero-order valence-electron chi connectivity index (χ0n) is 13.5. The molecule has 0 aliphatic carbocycles. The SMILES string of the molecule is COc1cccc([C@@H]2CCCCN2C(=O)c2cnc(C)cn2)c1. The van der Waals surface area contributed by atoms with Crippen LogP contribution < -0.4 is 4.74 Å². The fourth-order valence-corrected chi connectivity index (χ4v) is 3.02. The molecule has 0 N–H and O–H groups in total. The lowest BCUT2D eigenvalue weighted by atomic mass is 9.94. The molecule has 1 saturated heterocycles. The van der Waals surface area contributed by atoms with E-state index in [4.69, 9.17) is 4.74 Å². The van der Waals surface area contributed by atoms with Gasteiger partial charge in [0.15, 0.2) is 0 Å². The summed E-state index contributed by atoms with van der Waals surface area (Å²) in [5.41, 5.74) is 2.33. The van der Waals surface area contributed by atoms with Crippen LogP contribution in [0.1, 0.15) is 47.1 Å². The smallest absolute Gasteiger partial charge is 0.274 e. The van der Waals surface area contributed by atoms with Crippen LogP contribution in [0.5, 0.6) is 5.75 Å². The number of carbonyl (C=O) groups excluding carboxylic acids is 1. The Labute approximate surface area is 136 Å². The van der Waals surface area contributed by atoms with Gasteiger partial charge in [-0.05, 0) is 43.9 Å². The van der Waals surface area contributed by atoms with Crippen molar-refractivity contribution in [3.63, 3.8) is 0 Å². The van der Waals surface area contributed by atoms with E-state index in [1.807, 2.05) is 30.0 Å². The third kappa shape index (κ3) is 3.33. The number of nitrogens with zero attached hydrogens (tertiary/aromatic N) is 3. The van der Waals surface area contributed by atoms with E-state index in [1.54, 1.807) is 19.5 Å². The summed E-state index contributed by atoms with van der Waals surface area (Å²) in [4.78, 5) is 23.2. The van der Waals surface area contributed by atoms with Gasteiger partial charge in [0.1, 0.15) is 11.4 Å². The standard InChI is InChI=1S/C18H21N3O2/c1-13-11-20-16(12-19-13)18(22)21-9-4-3-8-17(21)14-6-5-7-15(10-14)23-2/h5-7,10-12,17H,3-4,8-9H2,1-2H3/t17-/m0/s1. The van der Waals surface area contributed by atoms with E-state index in [0.717, 1.165) is 42.8 Å². The molecule has 0 bridgehead atoms. The molecule has 0 radical (unpaired) electrons. The van der Waals surface area contributed by atoms with Crippen LogP contribution in [0.4, 0.5) is 0 Å². The fourth-order valence-electron chi connectivity index (χ4n) is 3.02. The van der Waals surface area contributed by atoms with Crippen molar-refractivity contribution < 1.29 is 9.53 Å². The lowest BCUT2D eigenvalue weighted by molar-refractivity contribution is 0.0604. The number of carbonyl (C=O) groups is 1. The Kier molecular flexibility index (Phi) is 4.55. The first-order valence-corrected chi connectivity index (χ1v) is 7.92. The quantitative estimate of drug-likeness (QED) is 0.873. The van der Waals surface area contributed by atoms with Crippen LogP contribution in [-0.4, -0.2) is 34.4 Å². The Hall–Kier alpha value is -2.43. The second-order valence-corrected chi connectivity index (χ2v) is 5.83. The first-order chi connectivity index (χ1) is 11.2. The number of aromatic nitrogens is 2. The van der Waals surface area contributed by atoms with Gasteiger partial charge in [-0.15, -0.1) is 0 Å². The largest absolute Gasteiger partial charge is 0.497 e. The van der Waals surface area contributed by atoms with Crippen LogP contribution >= 0.6 is 0 Å². The van der Waals surface area contributed by atoms with E-state index in [1.165, 1.54) is 0 Å². The molecule has 1 aliphatic heterocycles. The average Bonchev–Trinajstić information content (AvgIpc) is 2.62. The summed E-state index contributed by atoms with van der Waals surface area (Å²) in [5.74, 6) is 0.764. The molecule has 1 atom stereocenters. The van der Waals surface area contributed by atoms with Gasteiger partial charge in [-0.3, -0.25) is 9.78 Å². The fraction of sp³-hybridized carbons (Fsp3) is 0.389. The van der Waals surface area contributed by atoms with E-state index >= 15 is 0 Å². The number of rotatable bonds is 3. The molecule has 2 heterocycles. The predicted octanol–water partition coefficient (Wildman–Crippen LogP) is 3.16. The topological polar surface area (TPSA) is 55.3 Å². The zero-order valence-corrected chi connectivity index (χ0v) is 13.5. The molecule has 3 rings (SSSR count). The first-order valence-electron chi connectivity index (χ1n) is 7.92. The zero-order chi connectivity index (χ0) is 16.2. The van der Waals surface area contributed by atoms with E-state index in [9.17, 15) is 4.79 Å². The number of aryl methyl sites for hydroxylation is 1. The van der Waals surface area contributed by atoms with Gasteiger partial charge < -0.3 is 9.64 Å². The van der Waals surface area contributed by atoms with Crippen molar-refractivity contribution in [2.24, 2.45) is 0 Å². The molecule has 23 heavy (non-hydrogen) atoms. The lowest BCUT2D eigenvalue weighted by Crippen LogP contribution is -2.39. The van der Waals surface area contributed by atoms with Crippen LogP contribution in [0.25, 0.3) is 0 Å². The van der Waals surface area contributed by atoms with Crippen LogP contribution in [0.3, 0.4) is 0 Å². The Bertz CT molecular complexity index is 685. The molecule has 5 nitrogen and oxygen atoms in total. The van der Waals surface area contributed by atoms with Crippen LogP contribution in [0.15, 0.2) is 36.7 Å². The Balaban J connectivity index is 1.88. The Morgan fingerprint density at radius 3 is 2.87 bits per heavy atom. The van der Waals surface area contributed by atoms with Crippen molar-refractivity contribution in [1.29, 1.82) is 0 Å².